The Morgan fingerprint density at radius 3 is 2.48 bits per heavy atom. The zero-order valence-corrected chi connectivity index (χ0v) is 12.6. The zero-order valence-electron chi connectivity index (χ0n) is 11.9. The van der Waals surface area contributed by atoms with Gasteiger partial charge < -0.3 is 10.1 Å². The molecular formula is C17H18ClNO2. The first-order chi connectivity index (χ1) is 10.1. The van der Waals surface area contributed by atoms with Crippen LogP contribution < -0.4 is 10.1 Å². The Labute approximate surface area is 129 Å². The van der Waals surface area contributed by atoms with Gasteiger partial charge in [0.2, 0.25) is 0 Å². The molecule has 1 atom stereocenters. The van der Waals surface area contributed by atoms with E-state index in [-0.39, 0.29) is 5.91 Å². The van der Waals surface area contributed by atoms with Gasteiger partial charge in [0, 0.05) is 11.6 Å². The second kappa shape index (κ2) is 7.70. The van der Waals surface area contributed by atoms with Crippen molar-refractivity contribution in [2.75, 3.05) is 6.54 Å². The average molecular weight is 304 g/mol. The quantitative estimate of drug-likeness (QED) is 0.887. The van der Waals surface area contributed by atoms with Crippen LogP contribution in [0.5, 0.6) is 5.75 Å². The highest BCUT2D eigenvalue weighted by Crippen LogP contribution is 2.11. The molecule has 0 radical (unpaired) electrons. The van der Waals surface area contributed by atoms with Crippen LogP contribution in [0.15, 0.2) is 54.6 Å². The number of carbonyl (C=O) groups excluding carboxylic acids is 1. The number of nitrogens with one attached hydrogen (secondary N) is 1. The molecule has 0 aliphatic rings. The van der Waals surface area contributed by atoms with Crippen molar-refractivity contribution in [3.8, 4) is 5.75 Å². The standard InChI is InChI=1S/C17H18ClNO2/c1-13(21-16-5-3-2-4-6-16)17(20)19-12-11-14-7-9-15(18)10-8-14/h2-10,13H,11-12H2,1H3,(H,19,20). The first-order valence-electron chi connectivity index (χ1n) is 6.89. The summed E-state index contributed by atoms with van der Waals surface area (Å²) >= 11 is 5.83. The Morgan fingerprint density at radius 1 is 1.14 bits per heavy atom. The lowest BCUT2D eigenvalue weighted by Crippen LogP contribution is -2.37. The van der Waals surface area contributed by atoms with Crippen molar-refractivity contribution in [2.45, 2.75) is 19.4 Å². The van der Waals surface area contributed by atoms with Gasteiger partial charge in [0.05, 0.1) is 0 Å². The Balaban J connectivity index is 1.75. The molecular weight excluding hydrogens is 286 g/mol. The number of carbonyl (C=O) groups is 1. The number of rotatable bonds is 6. The molecule has 0 spiro atoms. The summed E-state index contributed by atoms with van der Waals surface area (Å²) in [7, 11) is 0. The van der Waals surface area contributed by atoms with Crippen LogP contribution in [-0.2, 0) is 11.2 Å². The lowest BCUT2D eigenvalue weighted by atomic mass is 10.1. The fourth-order valence-electron chi connectivity index (χ4n) is 1.88. The first kappa shape index (κ1) is 15.4. The molecule has 110 valence electrons. The molecule has 0 saturated heterocycles. The lowest BCUT2D eigenvalue weighted by molar-refractivity contribution is -0.127. The molecule has 1 N–H and O–H groups in total. The molecule has 0 fully saturated rings. The number of benzene rings is 2. The van der Waals surface area contributed by atoms with Crippen LogP contribution in [0.3, 0.4) is 0 Å². The molecule has 2 aromatic carbocycles. The number of amides is 1. The summed E-state index contributed by atoms with van der Waals surface area (Å²) in [6.07, 6.45) is 0.249. The van der Waals surface area contributed by atoms with Gasteiger partial charge in [0.1, 0.15) is 5.75 Å². The highest BCUT2D eigenvalue weighted by atomic mass is 35.5. The fourth-order valence-corrected chi connectivity index (χ4v) is 2.01. The third kappa shape index (κ3) is 5.12. The van der Waals surface area contributed by atoms with Crippen LogP contribution in [0.1, 0.15) is 12.5 Å². The predicted molar refractivity (Wildman–Crippen MR) is 84.7 cm³/mol. The number of ether oxygens (including phenoxy) is 1. The number of hydrogen-bond donors (Lipinski definition) is 1. The van der Waals surface area contributed by atoms with E-state index in [2.05, 4.69) is 5.32 Å². The highest BCUT2D eigenvalue weighted by molar-refractivity contribution is 6.30. The normalized spacial score (nSPS) is 11.7. The maximum atomic E-state index is 11.9. The molecule has 0 heterocycles. The van der Waals surface area contributed by atoms with Crippen molar-refractivity contribution < 1.29 is 9.53 Å². The molecule has 1 amide bonds. The van der Waals surface area contributed by atoms with E-state index in [1.54, 1.807) is 6.92 Å². The van der Waals surface area contributed by atoms with E-state index in [1.807, 2.05) is 54.6 Å². The summed E-state index contributed by atoms with van der Waals surface area (Å²) in [6, 6.07) is 16.9. The Bertz CT molecular complexity index is 569. The topological polar surface area (TPSA) is 38.3 Å². The van der Waals surface area contributed by atoms with Crippen molar-refractivity contribution in [3.05, 3.63) is 65.2 Å². The molecule has 0 aliphatic heterocycles. The van der Waals surface area contributed by atoms with Crippen LogP contribution in [0.4, 0.5) is 0 Å². The summed E-state index contributed by atoms with van der Waals surface area (Å²) in [4.78, 5) is 11.9. The minimum atomic E-state index is -0.516. The monoisotopic (exact) mass is 303 g/mol. The van der Waals surface area contributed by atoms with Crippen LogP contribution in [0.2, 0.25) is 5.02 Å². The summed E-state index contributed by atoms with van der Waals surface area (Å²) in [5.41, 5.74) is 1.14. The molecule has 1 unspecified atom stereocenters. The molecule has 3 nitrogen and oxygen atoms in total. The van der Waals surface area contributed by atoms with Gasteiger partial charge in [-0.15, -0.1) is 0 Å². The molecule has 0 saturated carbocycles. The summed E-state index contributed by atoms with van der Waals surface area (Å²) in [5.74, 6) is 0.575. The van der Waals surface area contributed by atoms with Gasteiger partial charge in [-0.2, -0.15) is 0 Å². The molecule has 4 heteroatoms. The number of hydrogen-bond acceptors (Lipinski definition) is 2. The first-order valence-corrected chi connectivity index (χ1v) is 7.27. The van der Waals surface area contributed by atoms with Crippen molar-refractivity contribution in [1.29, 1.82) is 0 Å². The van der Waals surface area contributed by atoms with E-state index in [9.17, 15) is 4.79 Å². The highest BCUT2D eigenvalue weighted by Gasteiger charge is 2.13. The molecule has 21 heavy (non-hydrogen) atoms. The van der Waals surface area contributed by atoms with Gasteiger partial charge in [0.25, 0.3) is 5.91 Å². The molecule has 0 aliphatic carbocycles. The average Bonchev–Trinajstić information content (AvgIpc) is 2.50. The SMILES string of the molecule is CC(Oc1ccccc1)C(=O)NCCc1ccc(Cl)cc1. The van der Waals surface area contributed by atoms with Gasteiger partial charge in [-0.25, -0.2) is 0 Å². The second-order valence-corrected chi connectivity index (χ2v) is 5.18. The van der Waals surface area contributed by atoms with E-state index in [1.165, 1.54) is 0 Å². The van der Waals surface area contributed by atoms with Gasteiger partial charge in [-0.05, 0) is 43.2 Å². The van der Waals surface area contributed by atoms with Crippen LogP contribution >= 0.6 is 11.6 Å². The second-order valence-electron chi connectivity index (χ2n) is 4.74. The van der Waals surface area contributed by atoms with E-state index in [4.69, 9.17) is 16.3 Å². The van der Waals surface area contributed by atoms with E-state index < -0.39 is 6.10 Å². The largest absolute Gasteiger partial charge is 0.481 e. The fraction of sp³-hybridized carbons (Fsp3) is 0.235. The maximum absolute atomic E-state index is 11.9. The smallest absolute Gasteiger partial charge is 0.260 e. The van der Waals surface area contributed by atoms with Crippen molar-refractivity contribution in [2.24, 2.45) is 0 Å². The van der Waals surface area contributed by atoms with Crippen LogP contribution in [0.25, 0.3) is 0 Å². The third-order valence-corrected chi connectivity index (χ3v) is 3.30. The maximum Gasteiger partial charge on any atom is 0.260 e. The van der Waals surface area contributed by atoms with Crippen LogP contribution in [0, 0.1) is 0 Å². The Kier molecular flexibility index (Phi) is 5.64. The van der Waals surface area contributed by atoms with E-state index in [0.29, 0.717) is 17.3 Å². The van der Waals surface area contributed by atoms with E-state index >= 15 is 0 Å². The summed E-state index contributed by atoms with van der Waals surface area (Å²) in [6.45, 7) is 2.31. The number of para-hydroxylation sites is 1. The zero-order chi connectivity index (χ0) is 15.1. The number of halogens is 1. The van der Waals surface area contributed by atoms with E-state index in [0.717, 1.165) is 12.0 Å². The van der Waals surface area contributed by atoms with Crippen molar-refractivity contribution in [1.82, 2.24) is 5.32 Å². The minimum absolute atomic E-state index is 0.118. The van der Waals surface area contributed by atoms with Gasteiger partial charge in [0.15, 0.2) is 6.10 Å². The third-order valence-electron chi connectivity index (χ3n) is 3.05. The lowest BCUT2D eigenvalue weighted by Gasteiger charge is -2.14. The molecule has 2 rings (SSSR count). The summed E-state index contributed by atoms with van der Waals surface area (Å²) < 4.78 is 5.57. The van der Waals surface area contributed by atoms with Gasteiger partial charge >= 0.3 is 0 Å². The molecule has 0 aromatic heterocycles. The Hall–Kier alpha value is -2.00. The molecule has 0 bridgehead atoms. The Morgan fingerprint density at radius 2 is 1.81 bits per heavy atom. The van der Waals surface area contributed by atoms with Gasteiger partial charge in [-0.1, -0.05) is 41.9 Å². The summed E-state index contributed by atoms with van der Waals surface area (Å²) in [5, 5.41) is 3.58. The van der Waals surface area contributed by atoms with Crippen LogP contribution in [-0.4, -0.2) is 18.6 Å². The minimum Gasteiger partial charge on any atom is -0.481 e. The predicted octanol–water partition coefficient (Wildman–Crippen LogP) is 3.47. The van der Waals surface area contributed by atoms with Gasteiger partial charge in [-0.3, -0.25) is 4.79 Å². The van der Waals surface area contributed by atoms with Crippen molar-refractivity contribution >= 4 is 17.5 Å². The molecule has 2 aromatic rings. The van der Waals surface area contributed by atoms with Crippen molar-refractivity contribution in [3.63, 3.8) is 0 Å².